The largest absolute Gasteiger partial charge is 0.497 e. The number of pyridine rings is 1. The number of carbonyl (C=O) groups is 1. The Kier molecular flexibility index (Phi) is 6.02. The van der Waals surface area contributed by atoms with Crippen molar-refractivity contribution >= 4 is 40.3 Å². The normalized spacial score (nSPS) is 10.8. The zero-order valence-electron chi connectivity index (χ0n) is 16.7. The average Bonchev–Trinajstić information content (AvgIpc) is 2.80. The molecule has 6 nitrogen and oxygen atoms in total. The van der Waals surface area contributed by atoms with Crippen molar-refractivity contribution in [1.29, 1.82) is 0 Å². The van der Waals surface area contributed by atoms with Crippen molar-refractivity contribution in [3.8, 4) is 22.8 Å². The molecule has 0 fully saturated rings. The summed E-state index contributed by atoms with van der Waals surface area (Å²) < 4.78 is 10.9. The summed E-state index contributed by atoms with van der Waals surface area (Å²) in [6.45, 7) is 0. The Morgan fingerprint density at radius 3 is 2.39 bits per heavy atom. The minimum absolute atomic E-state index is 0.377. The first-order valence-corrected chi connectivity index (χ1v) is 10.1. The molecule has 0 saturated heterocycles. The van der Waals surface area contributed by atoms with Gasteiger partial charge >= 0.3 is 0 Å². The molecular weight excluding hydrogens is 437 g/mol. The highest BCUT2D eigenvalue weighted by Crippen LogP contribution is 2.37. The van der Waals surface area contributed by atoms with Gasteiger partial charge in [-0.25, -0.2) is 0 Å². The van der Waals surface area contributed by atoms with E-state index in [0.717, 1.165) is 22.6 Å². The predicted molar refractivity (Wildman–Crippen MR) is 121 cm³/mol. The van der Waals surface area contributed by atoms with Gasteiger partial charge < -0.3 is 9.47 Å². The average molecular weight is 454 g/mol. The number of aromatic nitrogens is 3. The summed E-state index contributed by atoms with van der Waals surface area (Å²) in [6.07, 6.45) is 4.25. The summed E-state index contributed by atoms with van der Waals surface area (Å²) in [7, 11) is 3.16. The molecule has 0 aliphatic carbocycles. The Labute approximate surface area is 188 Å². The first kappa shape index (κ1) is 21.0. The highest BCUT2D eigenvalue weighted by Gasteiger charge is 2.18. The molecule has 0 bridgehead atoms. The number of carbonyl (C=O) groups excluding carboxylic acids is 1. The third kappa shape index (κ3) is 4.04. The number of fused-ring (bicyclic) bond motifs is 1. The molecule has 2 aromatic carbocycles. The fourth-order valence-corrected chi connectivity index (χ4v) is 3.90. The number of aldehydes is 1. The SMILES string of the molecule is COc1ccc2c(Cc3c(Cl)cncc3Cl)nnc(-c3cc(C=O)ccc3OC)c2c1. The van der Waals surface area contributed by atoms with Gasteiger partial charge in [-0.05, 0) is 42.0 Å². The predicted octanol–water partition coefficient (Wildman–Crippen LogP) is 5.42. The second-order valence-electron chi connectivity index (χ2n) is 6.74. The first-order chi connectivity index (χ1) is 15.0. The molecule has 0 N–H and O–H groups in total. The van der Waals surface area contributed by atoms with E-state index in [9.17, 15) is 4.79 Å². The summed E-state index contributed by atoms with van der Waals surface area (Å²) in [5, 5.41) is 11.5. The van der Waals surface area contributed by atoms with Gasteiger partial charge in [-0.1, -0.05) is 23.2 Å². The van der Waals surface area contributed by atoms with Crippen LogP contribution in [0, 0.1) is 0 Å². The van der Waals surface area contributed by atoms with Crippen molar-refractivity contribution in [2.75, 3.05) is 14.2 Å². The summed E-state index contributed by atoms with van der Waals surface area (Å²) in [5.74, 6) is 1.25. The van der Waals surface area contributed by atoms with Crippen LogP contribution in [0.15, 0.2) is 48.8 Å². The van der Waals surface area contributed by atoms with Crippen LogP contribution in [0.5, 0.6) is 11.5 Å². The summed E-state index contributed by atoms with van der Waals surface area (Å²) in [4.78, 5) is 15.3. The van der Waals surface area contributed by atoms with Crippen LogP contribution in [0.3, 0.4) is 0 Å². The molecule has 0 radical (unpaired) electrons. The van der Waals surface area contributed by atoms with Crippen molar-refractivity contribution < 1.29 is 14.3 Å². The van der Waals surface area contributed by atoms with E-state index in [1.54, 1.807) is 44.8 Å². The van der Waals surface area contributed by atoms with E-state index < -0.39 is 0 Å². The summed E-state index contributed by atoms with van der Waals surface area (Å²) >= 11 is 12.6. The Hall–Kier alpha value is -3.22. The van der Waals surface area contributed by atoms with Crippen molar-refractivity contribution in [3.63, 3.8) is 0 Å². The van der Waals surface area contributed by atoms with E-state index in [-0.39, 0.29) is 0 Å². The van der Waals surface area contributed by atoms with Crippen LogP contribution in [-0.4, -0.2) is 35.7 Å². The Morgan fingerprint density at radius 1 is 0.935 bits per heavy atom. The first-order valence-electron chi connectivity index (χ1n) is 9.30. The number of hydrogen-bond donors (Lipinski definition) is 0. The lowest BCUT2D eigenvalue weighted by molar-refractivity contribution is 0.112. The summed E-state index contributed by atoms with van der Waals surface area (Å²) in [6, 6.07) is 10.8. The maximum atomic E-state index is 11.3. The number of rotatable bonds is 6. The minimum Gasteiger partial charge on any atom is -0.497 e. The number of hydrogen-bond acceptors (Lipinski definition) is 6. The number of benzene rings is 2. The number of ether oxygens (including phenoxy) is 2. The van der Waals surface area contributed by atoms with Crippen LogP contribution in [0.4, 0.5) is 0 Å². The van der Waals surface area contributed by atoms with Crippen LogP contribution in [0.2, 0.25) is 10.0 Å². The van der Waals surface area contributed by atoms with Gasteiger partial charge in [0.05, 0.1) is 30.0 Å². The summed E-state index contributed by atoms with van der Waals surface area (Å²) in [5.41, 5.74) is 3.16. The standard InChI is InChI=1S/C23H17Cl2N3O3/c1-30-14-4-5-15-16(8-14)23(18-7-13(12-29)3-6-22(18)31-2)28-27-21(15)9-17-19(24)10-26-11-20(17)25/h3-8,10-12H,9H2,1-2H3. The molecule has 0 aliphatic heterocycles. The third-order valence-corrected chi connectivity index (χ3v) is 5.63. The maximum Gasteiger partial charge on any atom is 0.150 e. The zero-order chi connectivity index (χ0) is 22.0. The van der Waals surface area contributed by atoms with E-state index in [1.165, 1.54) is 0 Å². The molecule has 0 aliphatic rings. The molecular formula is C23H17Cl2N3O3. The third-order valence-electron chi connectivity index (χ3n) is 4.97. The lowest BCUT2D eigenvalue weighted by Gasteiger charge is -2.14. The fraction of sp³-hybridized carbons (Fsp3) is 0.130. The zero-order valence-corrected chi connectivity index (χ0v) is 18.2. The van der Waals surface area contributed by atoms with Gasteiger partial charge in [-0.15, -0.1) is 5.10 Å². The van der Waals surface area contributed by atoms with Gasteiger partial charge in [0.15, 0.2) is 0 Å². The number of nitrogens with zero attached hydrogens (tertiary/aromatic N) is 3. The van der Waals surface area contributed by atoms with E-state index >= 15 is 0 Å². The van der Waals surface area contributed by atoms with E-state index in [2.05, 4.69) is 15.2 Å². The van der Waals surface area contributed by atoms with Crippen molar-refractivity contribution in [3.05, 3.63) is 75.7 Å². The molecule has 0 atom stereocenters. The molecule has 8 heteroatoms. The lowest BCUT2D eigenvalue weighted by Crippen LogP contribution is -2.02. The lowest BCUT2D eigenvalue weighted by atomic mass is 9.99. The van der Waals surface area contributed by atoms with Gasteiger partial charge in [0, 0.05) is 40.7 Å². The maximum absolute atomic E-state index is 11.3. The van der Waals surface area contributed by atoms with E-state index in [4.69, 9.17) is 32.7 Å². The quantitative estimate of drug-likeness (QED) is 0.363. The Balaban J connectivity index is 1.96. The number of methoxy groups -OCH3 is 2. The molecule has 31 heavy (non-hydrogen) atoms. The molecule has 2 aromatic heterocycles. The number of halogens is 2. The fourth-order valence-electron chi connectivity index (χ4n) is 3.40. The molecule has 2 heterocycles. The Morgan fingerprint density at radius 2 is 1.71 bits per heavy atom. The second-order valence-corrected chi connectivity index (χ2v) is 7.56. The van der Waals surface area contributed by atoms with Crippen molar-refractivity contribution in [2.24, 2.45) is 0 Å². The second kappa shape index (κ2) is 8.88. The highest BCUT2D eigenvalue weighted by molar-refractivity contribution is 6.35. The minimum atomic E-state index is 0.377. The smallest absolute Gasteiger partial charge is 0.150 e. The molecule has 4 aromatic rings. The van der Waals surface area contributed by atoms with Gasteiger partial charge in [-0.3, -0.25) is 9.78 Å². The topological polar surface area (TPSA) is 74.2 Å². The van der Waals surface area contributed by atoms with Crippen molar-refractivity contribution in [2.45, 2.75) is 6.42 Å². The van der Waals surface area contributed by atoms with Crippen LogP contribution < -0.4 is 9.47 Å². The molecule has 0 spiro atoms. The Bertz CT molecular complexity index is 1270. The van der Waals surface area contributed by atoms with Gasteiger partial charge in [0.25, 0.3) is 0 Å². The molecule has 0 unspecified atom stereocenters. The van der Waals surface area contributed by atoms with Crippen LogP contribution >= 0.6 is 23.2 Å². The molecule has 0 amide bonds. The highest BCUT2D eigenvalue weighted by atomic mass is 35.5. The van der Waals surface area contributed by atoms with Gasteiger partial charge in [-0.2, -0.15) is 5.10 Å². The van der Waals surface area contributed by atoms with E-state index in [0.29, 0.717) is 50.5 Å². The van der Waals surface area contributed by atoms with Crippen LogP contribution in [-0.2, 0) is 6.42 Å². The molecule has 0 saturated carbocycles. The van der Waals surface area contributed by atoms with Crippen molar-refractivity contribution in [1.82, 2.24) is 15.2 Å². The van der Waals surface area contributed by atoms with E-state index in [1.807, 2.05) is 18.2 Å². The molecule has 156 valence electrons. The van der Waals surface area contributed by atoms with Crippen LogP contribution in [0.25, 0.3) is 22.0 Å². The molecule has 4 rings (SSSR count). The van der Waals surface area contributed by atoms with Gasteiger partial charge in [0.2, 0.25) is 0 Å². The van der Waals surface area contributed by atoms with Crippen LogP contribution in [0.1, 0.15) is 21.6 Å². The monoisotopic (exact) mass is 453 g/mol. The van der Waals surface area contributed by atoms with Gasteiger partial charge in [0.1, 0.15) is 23.5 Å².